The quantitative estimate of drug-likeness (QED) is 0.754. The number of pyridine rings is 1. The van der Waals surface area contributed by atoms with E-state index in [1.165, 1.54) is 0 Å². The first-order chi connectivity index (χ1) is 9.11. The Bertz CT molecular complexity index is 472. The molecule has 5 nitrogen and oxygen atoms in total. The van der Waals surface area contributed by atoms with Gasteiger partial charge in [-0.15, -0.1) is 0 Å². The van der Waals surface area contributed by atoms with E-state index in [2.05, 4.69) is 21.7 Å². The molecule has 2 rings (SSSR count). The molecule has 1 aliphatic heterocycles. The van der Waals surface area contributed by atoms with Gasteiger partial charge in [-0.1, -0.05) is 0 Å². The Morgan fingerprint density at radius 3 is 3.00 bits per heavy atom. The average molecular weight is 260 g/mol. The summed E-state index contributed by atoms with van der Waals surface area (Å²) in [6.45, 7) is 6.07. The summed E-state index contributed by atoms with van der Waals surface area (Å²) >= 11 is 0. The summed E-state index contributed by atoms with van der Waals surface area (Å²) in [6.07, 6.45) is 0.657. The van der Waals surface area contributed by atoms with Crippen LogP contribution in [0.25, 0.3) is 0 Å². The highest BCUT2D eigenvalue weighted by atomic mass is 16.3. The normalized spacial score (nSPS) is 22.8. The lowest BCUT2D eigenvalue weighted by atomic mass is 9.95. The molecule has 1 aromatic rings. The molecule has 0 bridgehead atoms. The number of nitrogens with zero attached hydrogens (tertiary/aromatic N) is 2. The first kappa shape index (κ1) is 13.8. The van der Waals surface area contributed by atoms with E-state index in [4.69, 9.17) is 5.26 Å². The van der Waals surface area contributed by atoms with Gasteiger partial charge in [0.1, 0.15) is 11.9 Å². The van der Waals surface area contributed by atoms with Crippen molar-refractivity contribution in [2.75, 3.05) is 25.0 Å². The molecule has 5 heteroatoms. The molecule has 2 atom stereocenters. The molecule has 0 amide bonds. The summed E-state index contributed by atoms with van der Waals surface area (Å²) in [5.74, 6) is 1.03. The number of aliphatic hydroxyl groups excluding tert-OH is 1. The van der Waals surface area contributed by atoms with Crippen molar-refractivity contribution in [3.63, 3.8) is 0 Å². The molecule has 0 spiro atoms. The van der Waals surface area contributed by atoms with Crippen molar-refractivity contribution in [1.82, 2.24) is 10.3 Å². The van der Waals surface area contributed by atoms with E-state index in [9.17, 15) is 5.11 Å². The van der Waals surface area contributed by atoms with Crippen LogP contribution in [-0.4, -0.2) is 35.8 Å². The largest absolute Gasteiger partial charge is 0.391 e. The Morgan fingerprint density at radius 2 is 2.37 bits per heavy atom. The third-order valence-electron chi connectivity index (χ3n) is 3.64. The molecule has 1 saturated heterocycles. The molecule has 3 N–H and O–H groups in total. The van der Waals surface area contributed by atoms with Crippen molar-refractivity contribution in [3.8, 4) is 6.07 Å². The fraction of sp³-hybridized carbons (Fsp3) is 0.571. The van der Waals surface area contributed by atoms with Gasteiger partial charge in [0.15, 0.2) is 0 Å². The lowest BCUT2D eigenvalue weighted by Crippen LogP contribution is -2.43. The zero-order chi connectivity index (χ0) is 13.8. The van der Waals surface area contributed by atoms with Gasteiger partial charge in [-0.25, -0.2) is 4.98 Å². The summed E-state index contributed by atoms with van der Waals surface area (Å²) in [4.78, 5) is 4.38. The molecule has 1 aliphatic rings. The van der Waals surface area contributed by atoms with Crippen LogP contribution < -0.4 is 10.6 Å². The minimum Gasteiger partial charge on any atom is -0.391 e. The molecular weight excluding hydrogens is 240 g/mol. The molecule has 19 heavy (non-hydrogen) atoms. The Balaban J connectivity index is 2.02. The second-order valence-corrected chi connectivity index (χ2v) is 5.10. The van der Waals surface area contributed by atoms with Crippen LogP contribution in [0.15, 0.2) is 6.07 Å². The van der Waals surface area contributed by atoms with Gasteiger partial charge in [-0.05, 0) is 38.4 Å². The van der Waals surface area contributed by atoms with Gasteiger partial charge in [-0.2, -0.15) is 5.26 Å². The van der Waals surface area contributed by atoms with Gasteiger partial charge >= 0.3 is 0 Å². The Kier molecular flexibility index (Phi) is 4.35. The van der Waals surface area contributed by atoms with Crippen LogP contribution >= 0.6 is 0 Å². The second kappa shape index (κ2) is 6.00. The molecular formula is C14H20N4O. The van der Waals surface area contributed by atoms with Crippen molar-refractivity contribution in [2.24, 2.45) is 5.92 Å². The van der Waals surface area contributed by atoms with E-state index < -0.39 is 0 Å². The SMILES string of the molecule is Cc1cc(NC[C@@H]2CCNC[C@H]2O)nc(C)c1C#N. The van der Waals surface area contributed by atoms with Gasteiger partial charge in [0, 0.05) is 19.0 Å². The summed E-state index contributed by atoms with van der Waals surface area (Å²) in [7, 11) is 0. The highest BCUT2D eigenvalue weighted by molar-refractivity contribution is 5.48. The van der Waals surface area contributed by atoms with Gasteiger partial charge in [0.05, 0.1) is 17.4 Å². The van der Waals surface area contributed by atoms with E-state index in [1.54, 1.807) is 0 Å². The van der Waals surface area contributed by atoms with E-state index >= 15 is 0 Å². The Labute approximate surface area is 113 Å². The van der Waals surface area contributed by atoms with Crippen molar-refractivity contribution in [3.05, 3.63) is 22.9 Å². The van der Waals surface area contributed by atoms with Crippen molar-refractivity contribution in [2.45, 2.75) is 26.4 Å². The number of piperidine rings is 1. The summed E-state index contributed by atoms with van der Waals surface area (Å²) in [5.41, 5.74) is 2.33. The van der Waals surface area contributed by atoms with Crippen LogP contribution in [0.5, 0.6) is 0 Å². The zero-order valence-corrected chi connectivity index (χ0v) is 11.4. The maximum absolute atomic E-state index is 9.87. The smallest absolute Gasteiger partial charge is 0.126 e. The second-order valence-electron chi connectivity index (χ2n) is 5.10. The van der Waals surface area contributed by atoms with Gasteiger partial charge < -0.3 is 15.7 Å². The number of nitrogens with one attached hydrogen (secondary N) is 2. The number of anilines is 1. The third kappa shape index (κ3) is 3.22. The maximum Gasteiger partial charge on any atom is 0.126 e. The number of hydrogen-bond acceptors (Lipinski definition) is 5. The topological polar surface area (TPSA) is 81.0 Å². The highest BCUT2D eigenvalue weighted by Crippen LogP contribution is 2.17. The number of aryl methyl sites for hydroxylation is 2. The molecule has 0 aromatic carbocycles. The molecule has 1 fully saturated rings. The molecule has 0 saturated carbocycles. The van der Waals surface area contributed by atoms with E-state index in [0.717, 1.165) is 30.0 Å². The van der Waals surface area contributed by atoms with Crippen LogP contribution in [-0.2, 0) is 0 Å². The average Bonchev–Trinajstić information content (AvgIpc) is 2.37. The van der Waals surface area contributed by atoms with Crippen molar-refractivity contribution in [1.29, 1.82) is 5.26 Å². The number of aromatic nitrogens is 1. The number of rotatable bonds is 3. The Morgan fingerprint density at radius 1 is 1.58 bits per heavy atom. The van der Waals surface area contributed by atoms with Crippen LogP contribution in [0.1, 0.15) is 23.2 Å². The third-order valence-corrected chi connectivity index (χ3v) is 3.64. The highest BCUT2D eigenvalue weighted by Gasteiger charge is 2.22. The fourth-order valence-electron chi connectivity index (χ4n) is 2.46. The van der Waals surface area contributed by atoms with Crippen LogP contribution in [0, 0.1) is 31.1 Å². The van der Waals surface area contributed by atoms with Crippen LogP contribution in [0.3, 0.4) is 0 Å². The first-order valence-electron chi connectivity index (χ1n) is 6.63. The van der Waals surface area contributed by atoms with Crippen molar-refractivity contribution >= 4 is 5.82 Å². The van der Waals surface area contributed by atoms with Gasteiger partial charge in [0.25, 0.3) is 0 Å². The van der Waals surface area contributed by atoms with E-state index in [0.29, 0.717) is 18.7 Å². The minimum atomic E-state index is -0.304. The van der Waals surface area contributed by atoms with Crippen LogP contribution in [0.2, 0.25) is 0 Å². The monoisotopic (exact) mass is 260 g/mol. The molecule has 0 aliphatic carbocycles. The maximum atomic E-state index is 9.87. The zero-order valence-electron chi connectivity index (χ0n) is 11.4. The van der Waals surface area contributed by atoms with Crippen LogP contribution in [0.4, 0.5) is 5.82 Å². The summed E-state index contributed by atoms with van der Waals surface area (Å²) < 4.78 is 0. The summed E-state index contributed by atoms with van der Waals surface area (Å²) in [5, 5.41) is 25.3. The number of nitriles is 1. The standard InChI is InChI=1S/C14H20N4O/c1-9-5-14(18-10(2)12(9)6-15)17-7-11-3-4-16-8-13(11)19/h5,11,13,16,19H,3-4,7-8H2,1-2H3,(H,17,18)/t11-,13+/m0/s1. The molecule has 102 valence electrons. The molecule has 0 radical (unpaired) electrons. The molecule has 1 aromatic heterocycles. The summed E-state index contributed by atoms with van der Waals surface area (Å²) in [6, 6.07) is 4.05. The predicted molar refractivity (Wildman–Crippen MR) is 73.9 cm³/mol. The van der Waals surface area contributed by atoms with E-state index in [-0.39, 0.29) is 12.0 Å². The van der Waals surface area contributed by atoms with E-state index in [1.807, 2.05) is 19.9 Å². The van der Waals surface area contributed by atoms with Gasteiger partial charge in [-0.3, -0.25) is 0 Å². The minimum absolute atomic E-state index is 0.249. The Hall–Kier alpha value is -1.64. The lowest BCUT2D eigenvalue weighted by molar-refractivity contribution is 0.0883. The lowest BCUT2D eigenvalue weighted by Gasteiger charge is -2.28. The number of β-amino-alcohol motifs (C(OH)–C–C–N with tert-alkyl or cyclic N) is 1. The number of aliphatic hydroxyl groups is 1. The predicted octanol–water partition coefficient (Wildman–Crippen LogP) is 0.952. The first-order valence-corrected chi connectivity index (χ1v) is 6.63. The fourth-order valence-corrected chi connectivity index (χ4v) is 2.46. The molecule has 2 heterocycles. The number of hydrogen-bond donors (Lipinski definition) is 3. The van der Waals surface area contributed by atoms with Crippen molar-refractivity contribution < 1.29 is 5.11 Å². The molecule has 0 unspecified atom stereocenters. The van der Waals surface area contributed by atoms with Gasteiger partial charge in [0.2, 0.25) is 0 Å².